The number of amides is 1. The Morgan fingerprint density at radius 1 is 1.41 bits per heavy atom. The van der Waals surface area contributed by atoms with Gasteiger partial charge in [-0.15, -0.1) is 0 Å². The lowest BCUT2D eigenvalue weighted by atomic mass is 9.82. The van der Waals surface area contributed by atoms with E-state index in [2.05, 4.69) is 31.4 Å². The first-order valence-electron chi connectivity index (χ1n) is 7.11. The molecule has 1 aliphatic carbocycles. The van der Waals surface area contributed by atoms with Crippen LogP contribution < -0.4 is 10.6 Å². The van der Waals surface area contributed by atoms with Crippen molar-refractivity contribution in [3.05, 3.63) is 0 Å². The molecule has 0 heterocycles. The molecule has 0 saturated heterocycles. The van der Waals surface area contributed by atoms with E-state index in [1.165, 1.54) is 25.7 Å². The third-order valence-electron chi connectivity index (χ3n) is 3.86. The highest BCUT2D eigenvalue weighted by atomic mass is 16.1. The number of carbonyl (C=O) groups is 1. The second-order valence-corrected chi connectivity index (χ2v) is 5.63. The smallest absolute Gasteiger partial charge is 0.233 e. The van der Waals surface area contributed by atoms with Crippen LogP contribution in [0, 0.1) is 11.8 Å². The lowest BCUT2D eigenvalue weighted by molar-refractivity contribution is -0.120. The molecule has 0 aromatic carbocycles. The minimum atomic E-state index is 0.142. The highest BCUT2D eigenvalue weighted by molar-refractivity contribution is 5.77. The molecule has 0 aliphatic heterocycles. The van der Waals surface area contributed by atoms with Crippen molar-refractivity contribution in [3.8, 4) is 0 Å². The molecule has 0 bridgehead atoms. The van der Waals surface area contributed by atoms with Gasteiger partial charge in [0.1, 0.15) is 0 Å². The molecule has 2 N–H and O–H groups in total. The molecule has 3 unspecified atom stereocenters. The van der Waals surface area contributed by atoms with Crippen LogP contribution >= 0.6 is 0 Å². The molecule has 0 spiro atoms. The van der Waals surface area contributed by atoms with Crippen LogP contribution in [0.5, 0.6) is 0 Å². The van der Waals surface area contributed by atoms with Gasteiger partial charge >= 0.3 is 0 Å². The Balaban J connectivity index is 2.10. The molecule has 1 saturated carbocycles. The first kappa shape index (κ1) is 14.5. The zero-order valence-electron chi connectivity index (χ0n) is 11.6. The summed E-state index contributed by atoms with van der Waals surface area (Å²) in [4.78, 5) is 11.6. The van der Waals surface area contributed by atoms with Gasteiger partial charge in [0.2, 0.25) is 5.91 Å². The molecule has 17 heavy (non-hydrogen) atoms. The average Bonchev–Trinajstić information content (AvgIpc) is 2.33. The van der Waals surface area contributed by atoms with E-state index in [1.807, 2.05) is 0 Å². The maximum Gasteiger partial charge on any atom is 0.233 e. The molecule has 100 valence electrons. The Bertz CT molecular complexity index is 230. The number of hydrogen-bond donors (Lipinski definition) is 2. The molecule has 0 aromatic rings. The third kappa shape index (κ3) is 6.06. The van der Waals surface area contributed by atoms with Crippen LogP contribution in [-0.4, -0.2) is 25.0 Å². The van der Waals surface area contributed by atoms with Crippen molar-refractivity contribution in [3.63, 3.8) is 0 Å². The summed E-state index contributed by atoms with van der Waals surface area (Å²) in [7, 11) is 0. The Morgan fingerprint density at radius 3 is 2.82 bits per heavy atom. The van der Waals surface area contributed by atoms with E-state index in [4.69, 9.17) is 0 Å². The van der Waals surface area contributed by atoms with Gasteiger partial charge in [-0.05, 0) is 38.0 Å². The maximum absolute atomic E-state index is 11.6. The van der Waals surface area contributed by atoms with Crippen LogP contribution in [0.3, 0.4) is 0 Å². The molecule has 1 aliphatic rings. The Labute approximate surface area is 106 Å². The highest BCUT2D eigenvalue weighted by Crippen LogP contribution is 2.27. The van der Waals surface area contributed by atoms with E-state index in [0.29, 0.717) is 18.5 Å². The van der Waals surface area contributed by atoms with Gasteiger partial charge in [-0.3, -0.25) is 4.79 Å². The van der Waals surface area contributed by atoms with Crippen molar-refractivity contribution < 1.29 is 4.79 Å². The molecule has 3 atom stereocenters. The van der Waals surface area contributed by atoms with Crippen LogP contribution in [0.25, 0.3) is 0 Å². The fraction of sp³-hybridized carbons (Fsp3) is 0.929. The van der Waals surface area contributed by atoms with Crippen LogP contribution in [-0.2, 0) is 4.79 Å². The first-order chi connectivity index (χ1) is 8.11. The second-order valence-electron chi connectivity index (χ2n) is 5.63. The van der Waals surface area contributed by atoms with E-state index in [1.54, 1.807) is 0 Å². The molecule has 3 nitrogen and oxygen atoms in total. The van der Waals surface area contributed by atoms with Crippen molar-refractivity contribution >= 4 is 5.91 Å². The summed E-state index contributed by atoms with van der Waals surface area (Å²) in [5.41, 5.74) is 0. The SMILES string of the molecule is CCC(C)NCC(=O)NCC1CCCC(C)C1. The van der Waals surface area contributed by atoms with E-state index in [-0.39, 0.29) is 5.91 Å². The van der Waals surface area contributed by atoms with Gasteiger partial charge in [0, 0.05) is 12.6 Å². The van der Waals surface area contributed by atoms with Crippen molar-refractivity contribution in [2.45, 2.75) is 58.9 Å². The van der Waals surface area contributed by atoms with E-state index in [0.717, 1.165) is 18.9 Å². The molecule has 1 rings (SSSR count). The Morgan fingerprint density at radius 2 is 2.18 bits per heavy atom. The molecule has 3 heteroatoms. The topological polar surface area (TPSA) is 41.1 Å². The standard InChI is InChI=1S/C14H28N2O/c1-4-12(3)15-10-14(17)16-9-13-7-5-6-11(2)8-13/h11-13,15H,4-10H2,1-3H3,(H,16,17). The maximum atomic E-state index is 11.6. The highest BCUT2D eigenvalue weighted by Gasteiger charge is 2.19. The predicted octanol–water partition coefficient (Wildman–Crippen LogP) is 2.32. The normalized spacial score (nSPS) is 26.5. The van der Waals surface area contributed by atoms with Crippen molar-refractivity contribution in [2.24, 2.45) is 11.8 Å². The van der Waals surface area contributed by atoms with E-state index in [9.17, 15) is 4.79 Å². The zero-order chi connectivity index (χ0) is 12.7. The lowest BCUT2D eigenvalue weighted by Crippen LogP contribution is -2.40. The summed E-state index contributed by atoms with van der Waals surface area (Å²) < 4.78 is 0. The molecule has 0 radical (unpaired) electrons. The summed E-state index contributed by atoms with van der Waals surface area (Å²) in [6, 6.07) is 0.426. The minimum absolute atomic E-state index is 0.142. The second kappa shape index (κ2) is 7.70. The summed E-state index contributed by atoms with van der Waals surface area (Å²) >= 11 is 0. The number of nitrogens with one attached hydrogen (secondary N) is 2. The van der Waals surface area contributed by atoms with Gasteiger partial charge < -0.3 is 10.6 Å². The van der Waals surface area contributed by atoms with Crippen LogP contribution in [0.1, 0.15) is 52.9 Å². The number of rotatable bonds is 6. The molecular formula is C14H28N2O. The van der Waals surface area contributed by atoms with Gasteiger partial charge in [-0.2, -0.15) is 0 Å². The Hall–Kier alpha value is -0.570. The van der Waals surface area contributed by atoms with Crippen molar-refractivity contribution in [2.75, 3.05) is 13.1 Å². The van der Waals surface area contributed by atoms with E-state index >= 15 is 0 Å². The minimum Gasteiger partial charge on any atom is -0.355 e. The van der Waals surface area contributed by atoms with Gasteiger partial charge in [0.05, 0.1) is 6.54 Å². The third-order valence-corrected chi connectivity index (χ3v) is 3.86. The fourth-order valence-corrected chi connectivity index (χ4v) is 2.48. The zero-order valence-corrected chi connectivity index (χ0v) is 11.6. The summed E-state index contributed by atoms with van der Waals surface area (Å²) in [5, 5.41) is 6.27. The first-order valence-corrected chi connectivity index (χ1v) is 7.11. The van der Waals surface area contributed by atoms with Gasteiger partial charge in [-0.25, -0.2) is 0 Å². The summed E-state index contributed by atoms with van der Waals surface area (Å²) in [6.45, 7) is 7.87. The van der Waals surface area contributed by atoms with Crippen LogP contribution in [0.2, 0.25) is 0 Å². The van der Waals surface area contributed by atoms with Gasteiger partial charge in [-0.1, -0.05) is 26.7 Å². The number of hydrogen-bond acceptors (Lipinski definition) is 2. The van der Waals surface area contributed by atoms with Gasteiger partial charge in [0.25, 0.3) is 0 Å². The van der Waals surface area contributed by atoms with Gasteiger partial charge in [0.15, 0.2) is 0 Å². The molecule has 0 aromatic heterocycles. The largest absolute Gasteiger partial charge is 0.355 e. The lowest BCUT2D eigenvalue weighted by Gasteiger charge is -2.26. The van der Waals surface area contributed by atoms with Crippen LogP contribution in [0.15, 0.2) is 0 Å². The summed E-state index contributed by atoms with van der Waals surface area (Å²) in [5.74, 6) is 1.68. The van der Waals surface area contributed by atoms with E-state index < -0.39 is 0 Å². The number of carbonyl (C=O) groups excluding carboxylic acids is 1. The molecular weight excluding hydrogens is 212 g/mol. The molecule has 1 amide bonds. The summed E-state index contributed by atoms with van der Waals surface area (Å²) in [6.07, 6.45) is 6.31. The Kier molecular flexibility index (Phi) is 6.56. The monoisotopic (exact) mass is 240 g/mol. The molecule has 1 fully saturated rings. The van der Waals surface area contributed by atoms with Crippen molar-refractivity contribution in [1.82, 2.24) is 10.6 Å². The fourth-order valence-electron chi connectivity index (χ4n) is 2.48. The predicted molar refractivity (Wildman–Crippen MR) is 71.9 cm³/mol. The van der Waals surface area contributed by atoms with Crippen LogP contribution in [0.4, 0.5) is 0 Å². The van der Waals surface area contributed by atoms with Crippen molar-refractivity contribution in [1.29, 1.82) is 0 Å². The quantitative estimate of drug-likeness (QED) is 0.748. The average molecular weight is 240 g/mol.